The lowest BCUT2D eigenvalue weighted by Crippen LogP contribution is -2.23. The number of benzene rings is 2. The molecular weight excluding hydrogens is 624 g/mol. The molecule has 6 rings (SSSR count). The van der Waals surface area contributed by atoms with Crippen LogP contribution in [0.15, 0.2) is 59.5 Å². The van der Waals surface area contributed by atoms with Crippen LogP contribution in [0.4, 0.5) is 13.2 Å². The zero-order valence-electron chi connectivity index (χ0n) is 24.4. The van der Waals surface area contributed by atoms with Gasteiger partial charge in [0, 0.05) is 23.5 Å². The van der Waals surface area contributed by atoms with Gasteiger partial charge in [0.15, 0.2) is 11.6 Å². The molecule has 1 N–H and O–H groups in total. The molecule has 1 saturated heterocycles. The van der Waals surface area contributed by atoms with Crippen molar-refractivity contribution in [3.63, 3.8) is 0 Å². The molecule has 4 heterocycles. The van der Waals surface area contributed by atoms with Gasteiger partial charge in [-0.1, -0.05) is 18.2 Å². The van der Waals surface area contributed by atoms with E-state index in [1.54, 1.807) is 31.2 Å². The lowest BCUT2D eigenvalue weighted by Gasteiger charge is -2.19. The molecule has 45 heavy (non-hydrogen) atoms. The number of nitrogens with one attached hydrogen (secondary N) is 1. The maximum absolute atomic E-state index is 14.4. The minimum atomic E-state index is -3.03. The molecule has 7 nitrogen and oxygen atoms in total. The second-order valence-electron chi connectivity index (χ2n) is 10.9. The van der Waals surface area contributed by atoms with Gasteiger partial charge in [-0.3, -0.25) is 9.78 Å². The molecule has 1 unspecified atom stereocenters. The van der Waals surface area contributed by atoms with Gasteiger partial charge in [0.05, 0.1) is 49.1 Å². The van der Waals surface area contributed by atoms with E-state index in [0.717, 1.165) is 41.9 Å². The number of rotatable bonds is 9. The summed E-state index contributed by atoms with van der Waals surface area (Å²) in [4.78, 5) is 33.0. The van der Waals surface area contributed by atoms with Gasteiger partial charge in [-0.05, 0) is 86.0 Å². The van der Waals surface area contributed by atoms with Crippen molar-refractivity contribution in [2.75, 3.05) is 13.2 Å². The van der Waals surface area contributed by atoms with E-state index >= 15 is 0 Å². The van der Waals surface area contributed by atoms with Crippen molar-refractivity contribution in [1.29, 1.82) is 0 Å². The number of halogens is 3. The summed E-state index contributed by atoms with van der Waals surface area (Å²) >= 11 is 1.11. The Morgan fingerprint density at radius 1 is 1.07 bits per heavy atom. The molecule has 1 fully saturated rings. The minimum Gasteiger partial charge on any atom is -0.462 e. The second kappa shape index (κ2) is 12.4. The zero-order valence-corrected chi connectivity index (χ0v) is 26.0. The number of hydrogen-bond donors (Lipinski definition) is 1. The van der Waals surface area contributed by atoms with Crippen molar-refractivity contribution in [3.8, 4) is 10.4 Å². The van der Waals surface area contributed by atoms with Gasteiger partial charge in [-0.25, -0.2) is 26.5 Å². The van der Waals surface area contributed by atoms with Crippen LogP contribution >= 0.6 is 11.3 Å². The number of pyridine rings is 1. The van der Waals surface area contributed by atoms with E-state index in [9.17, 15) is 27.0 Å². The minimum absolute atomic E-state index is 0.0289. The lowest BCUT2D eigenvalue weighted by molar-refractivity contribution is 0.0525. The lowest BCUT2D eigenvalue weighted by atomic mass is 9.97. The first-order valence-electron chi connectivity index (χ1n) is 14.5. The highest BCUT2D eigenvalue weighted by molar-refractivity contribution is 7.98. The number of carbonyl (C=O) groups excluding carboxylic acids is 2. The van der Waals surface area contributed by atoms with Crippen molar-refractivity contribution in [2.24, 2.45) is 0 Å². The molecule has 0 bridgehead atoms. The normalized spacial score (nSPS) is 18.9. The Morgan fingerprint density at radius 3 is 2.56 bits per heavy atom. The summed E-state index contributed by atoms with van der Waals surface area (Å²) in [5.74, 6) is 0.715. The van der Waals surface area contributed by atoms with Gasteiger partial charge in [-0.2, -0.15) is 0 Å². The number of esters is 1. The van der Waals surface area contributed by atoms with Crippen LogP contribution in [0.25, 0.3) is 10.4 Å². The number of fused-ring (bicyclic) bond motifs is 3. The van der Waals surface area contributed by atoms with E-state index in [0.29, 0.717) is 56.6 Å². The summed E-state index contributed by atoms with van der Waals surface area (Å²) in [5, 5.41) is 2.71. The van der Waals surface area contributed by atoms with E-state index in [1.807, 2.05) is 4.31 Å². The highest BCUT2D eigenvalue weighted by Crippen LogP contribution is 2.51. The molecule has 2 aliphatic heterocycles. The van der Waals surface area contributed by atoms with Crippen LogP contribution < -0.4 is 5.32 Å². The first kappa shape index (κ1) is 31.0. The Morgan fingerprint density at radius 2 is 1.82 bits per heavy atom. The Hall–Kier alpha value is -4.00. The van der Waals surface area contributed by atoms with Crippen LogP contribution in [0.3, 0.4) is 0 Å². The van der Waals surface area contributed by atoms with Crippen LogP contribution in [-0.4, -0.2) is 44.4 Å². The molecular formula is C33H30F3N3O4S2. The fourth-order valence-electron chi connectivity index (χ4n) is 5.94. The van der Waals surface area contributed by atoms with Crippen LogP contribution in [0.1, 0.15) is 68.4 Å². The van der Waals surface area contributed by atoms with Crippen LogP contribution in [0, 0.1) is 17.5 Å². The number of thiophene rings is 1. The molecule has 4 aromatic rings. The van der Waals surface area contributed by atoms with E-state index < -0.39 is 33.2 Å². The topological polar surface area (TPSA) is 88.6 Å². The predicted molar refractivity (Wildman–Crippen MR) is 167 cm³/mol. The number of amides is 1. The number of aryl methyl sites for hydroxylation is 2. The molecule has 1 amide bonds. The van der Waals surface area contributed by atoms with Gasteiger partial charge in [0.1, 0.15) is 5.82 Å². The molecule has 0 saturated carbocycles. The summed E-state index contributed by atoms with van der Waals surface area (Å²) in [7, 11) is -3.03. The first-order valence-corrected chi connectivity index (χ1v) is 17.0. The first-order chi connectivity index (χ1) is 21.6. The second-order valence-corrected chi connectivity index (χ2v) is 14.1. The van der Waals surface area contributed by atoms with Crippen molar-refractivity contribution in [3.05, 3.63) is 105 Å². The maximum atomic E-state index is 14.4. The summed E-state index contributed by atoms with van der Waals surface area (Å²) in [5.41, 5.74) is 2.89. The number of ether oxygens (including phenoxy) is 1. The molecule has 234 valence electrons. The summed E-state index contributed by atoms with van der Waals surface area (Å²) < 4.78 is 62.3. The third-order valence-electron chi connectivity index (χ3n) is 8.03. The van der Waals surface area contributed by atoms with E-state index in [-0.39, 0.29) is 30.6 Å². The predicted octanol–water partition coefficient (Wildman–Crippen LogP) is 6.26. The largest absolute Gasteiger partial charge is 0.462 e. The van der Waals surface area contributed by atoms with Gasteiger partial charge in [-0.15, -0.1) is 11.3 Å². The Bertz CT molecular complexity index is 1910. The van der Waals surface area contributed by atoms with Gasteiger partial charge < -0.3 is 10.1 Å². The quantitative estimate of drug-likeness (QED) is 0.170. The maximum Gasteiger partial charge on any atom is 0.340 e. The van der Waals surface area contributed by atoms with Crippen LogP contribution in [0.2, 0.25) is 0 Å². The number of nitrogens with zero attached hydrogens (tertiary/aromatic N) is 2. The fraction of sp³-hybridized carbons (Fsp3) is 0.273. The van der Waals surface area contributed by atoms with Crippen LogP contribution in [0.5, 0.6) is 0 Å². The van der Waals surface area contributed by atoms with Crippen molar-refractivity contribution < 1.29 is 31.7 Å². The van der Waals surface area contributed by atoms with E-state index in [1.165, 1.54) is 18.2 Å². The molecule has 0 spiro atoms. The highest BCUT2D eigenvalue weighted by Gasteiger charge is 2.46. The molecule has 2 atom stereocenters. The standard InChI is InChI=1S/C33H30F3N3O4S2/c1-3-43-33(41)28-24(13-9-19-6-10-21(34)11-7-19)38-30-25-5-4-16-39(25)45(2,42)31(30)29(28)26-14-15-27(44-26)32(40)37-18-20-8-12-22(35)23(36)17-20/h6-8,10-12,14-15,17,25H,2-5,9,13,16,18H2,1H3,(H,37,40)/t25-,45?/m0/s1. The molecule has 2 aromatic heterocycles. The van der Waals surface area contributed by atoms with Crippen molar-refractivity contribution in [2.45, 2.75) is 50.1 Å². The van der Waals surface area contributed by atoms with Gasteiger partial charge >= 0.3 is 5.97 Å². The average Bonchev–Trinajstić information content (AvgIpc) is 3.75. The smallest absolute Gasteiger partial charge is 0.340 e. The monoisotopic (exact) mass is 653 g/mol. The zero-order chi connectivity index (χ0) is 31.9. The van der Waals surface area contributed by atoms with E-state index in [4.69, 9.17) is 9.72 Å². The summed E-state index contributed by atoms with van der Waals surface area (Å²) in [6.07, 6.45) is 2.37. The molecule has 0 radical (unpaired) electrons. The van der Waals surface area contributed by atoms with Crippen molar-refractivity contribution >= 4 is 38.8 Å². The third-order valence-corrected chi connectivity index (χ3v) is 11.4. The molecule has 2 aliphatic rings. The molecule has 2 aromatic carbocycles. The van der Waals surface area contributed by atoms with Crippen molar-refractivity contribution in [1.82, 2.24) is 14.6 Å². The number of carbonyl (C=O) groups is 2. The Labute approximate surface area is 263 Å². The van der Waals surface area contributed by atoms with Gasteiger partial charge in [0.25, 0.3) is 5.91 Å². The number of aromatic nitrogens is 1. The van der Waals surface area contributed by atoms with E-state index in [2.05, 4.69) is 11.2 Å². The van der Waals surface area contributed by atoms with Crippen LogP contribution in [-0.2, 0) is 33.8 Å². The SMILES string of the molecule is C=S1(=O)c2c(nc(CCc3ccc(F)cc3)c(C(=O)OCC)c2-c2ccc(C(=O)NCc3ccc(F)c(F)c3)s2)[C@@H]2CCCN21. The average molecular weight is 654 g/mol. The summed E-state index contributed by atoms with van der Waals surface area (Å²) in [6.45, 7) is 2.34. The summed E-state index contributed by atoms with van der Waals surface area (Å²) in [6, 6.07) is 12.6. The van der Waals surface area contributed by atoms with Gasteiger partial charge in [0.2, 0.25) is 0 Å². The Balaban J connectivity index is 1.43. The number of hydrogen-bond acceptors (Lipinski definition) is 6. The Kier molecular flexibility index (Phi) is 8.55. The fourth-order valence-corrected chi connectivity index (χ4v) is 9.30. The third kappa shape index (κ3) is 5.89. The highest BCUT2D eigenvalue weighted by atomic mass is 32.2. The molecule has 0 aliphatic carbocycles. The molecule has 12 heteroatoms.